The number of anilines is 1. The molecule has 8 heteroatoms. The van der Waals surface area contributed by atoms with E-state index in [1.165, 1.54) is 24.0 Å². The molecule has 0 radical (unpaired) electrons. The summed E-state index contributed by atoms with van der Waals surface area (Å²) in [6, 6.07) is 14.3. The number of carbonyl (C=O) groups is 2. The van der Waals surface area contributed by atoms with Gasteiger partial charge in [0.15, 0.2) is 0 Å². The fourth-order valence-electron chi connectivity index (χ4n) is 2.34. The van der Waals surface area contributed by atoms with E-state index < -0.39 is 5.97 Å². The molecule has 1 amide bonds. The first-order valence-corrected chi connectivity index (χ1v) is 10.6. The first-order valence-electron chi connectivity index (χ1n) is 8.33. The fourth-order valence-corrected chi connectivity index (χ4v) is 4.27. The van der Waals surface area contributed by atoms with Crippen LogP contribution in [0.4, 0.5) is 5.69 Å². The molecule has 0 aliphatic carbocycles. The Hall–Kier alpha value is -2.35. The van der Waals surface area contributed by atoms with E-state index >= 15 is 0 Å². The number of nitrogens with zero attached hydrogens (tertiary/aromatic N) is 1. The highest BCUT2D eigenvalue weighted by Gasteiger charge is 2.10. The number of amides is 1. The molecule has 28 heavy (non-hydrogen) atoms. The number of hydrogen-bond donors (Lipinski definition) is 1. The number of benzene rings is 2. The molecule has 0 aliphatic heterocycles. The molecule has 144 valence electrons. The number of carbonyl (C=O) groups excluding carboxylic acids is 2. The summed E-state index contributed by atoms with van der Waals surface area (Å²) in [7, 11) is 1.33. The highest BCUT2D eigenvalue weighted by Crippen LogP contribution is 2.27. The first kappa shape index (κ1) is 20.4. The molecule has 0 saturated carbocycles. The molecule has 0 fully saturated rings. The van der Waals surface area contributed by atoms with Gasteiger partial charge in [0.25, 0.3) is 0 Å². The van der Waals surface area contributed by atoms with Crippen LogP contribution in [0.3, 0.4) is 0 Å². The highest BCUT2D eigenvalue weighted by atomic mass is 35.5. The average molecular weight is 433 g/mol. The van der Waals surface area contributed by atoms with Gasteiger partial charge in [-0.05, 0) is 42.0 Å². The van der Waals surface area contributed by atoms with E-state index in [4.69, 9.17) is 11.6 Å². The number of methoxy groups -OCH3 is 1. The maximum Gasteiger partial charge on any atom is 0.337 e. The molecule has 0 spiro atoms. The molecule has 2 aromatic carbocycles. The average Bonchev–Trinajstić information content (AvgIpc) is 3.14. The van der Waals surface area contributed by atoms with Crippen LogP contribution in [0.15, 0.2) is 58.3 Å². The molecule has 0 aliphatic rings. The topological polar surface area (TPSA) is 68.3 Å². The van der Waals surface area contributed by atoms with Crippen LogP contribution in [0.2, 0.25) is 5.02 Å². The van der Waals surface area contributed by atoms with Crippen molar-refractivity contribution in [2.24, 2.45) is 0 Å². The van der Waals surface area contributed by atoms with E-state index in [1.54, 1.807) is 36.0 Å². The van der Waals surface area contributed by atoms with Crippen molar-refractivity contribution >= 4 is 52.3 Å². The minimum Gasteiger partial charge on any atom is -0.465 e. The lowest BCUT2D eigenvalue weighted by Crippen LogP contribution is -2.14. The van der Waals surface area contributed by atoms with Crippen molar-refractivity contribution in [1.29, 1.82) is 0 Å². The Balaban J connectivity index is 1.50. The van der Waals surface area contributed by atoms with Crippen molar-refractivity contribution in [3.63, 3.8) is 0 Å². The zero-order chi connectivity index (χ0) is 19.9. The maximum atomic E-state index is 12.2. The molecule has 1 N–H and O–H groups in total. The van der Waals surface area contributed by atoms with E-state index in [2.05, 4.69) is 15.0 Å². The lowest BCUT2D eigenvalue weighted by atomic mass is 10.2. The summed E-state index contributed by atoms with van der Waals surface area (Å²) < 4.78 is 5.57. The summed E-state index contributed by atoms with van der Waals surface area (Å²) in [5.41, 5.74) is 2.94. The molecule has 1 heterocycles. The summed E-state index contributed by atoms with van der Waals surface area (Å²) >= 11 is 9.04. The van der Waals surface area contributed by atoms with Crippen LogP contribution < -0.4 is 5.32 Å². The number of thiazole rings is 1. The number of rotatable bonds is 7. The third kappa shape index (κ3) is 5.82. The Labute approximate surface area is 176 Å². The van der Waals surface area contributed by atoms with Crippen molar-refractivity contribution in [2.75, 3.05) is 12.4 Å². The predicted molar refractivity (Wildman–Crippen MR) is 113 cm³/mol. The molecule has 0 bridgehead atoms. The Morgan fingerprint density at radius 3 is 2.54 bits per heavy atom. The summed E-state index contributed by atoms with van der Waals surface area (Å²) in [6.45, 7) is 0. The SMILES string of the molecule is COC(=O)c1ccc(NC(=O)Cc2csc(SCc3ccc(Cl)cc3)n2)cc1. The minimum atomic E-state index is -0.413. The smallest absolute Gasteiger partial charge is 0.337 e. The van der Waals surface area contributed by atoms with Gasteiger partial charge in [-0.2, -0.15) is 0 Å². The molecule has 5 nitrogen and oxygen atoms in total. The van der Waals surface area contributed by atoms with Gasteiger partial charge >= 0.3 is 5.97 Å². The molecule has 3 aromatic rings. The van der Waals surface area contributed by atoms with E-state index in [-0.39, 0.29) is 12.3 Å². The van der Waals surface area contributed by atoms with Crippen LogP contribution in [0.25, 0.3) is 0 Å². The monoisotopic (exact) mass is 432 g/mol. The molecule has 0 atom stereocenters. The number of hydrogen-bond acceptors (Lipinski definition) is 6. The Morgan fingerprint density at radius 1 is 1.14 bits per heavy atom. The number of halogens is 1. The third-order valence-electron chi connectivity index (χ3n) is 3.74. The van der Waals surface area contributed by atoms with Crippen LogP contribution in [-0.4, -0.2) is 24.0 Å². The van der Waals surface area contributed by atoms with Gasteiger partial charge in [0.1, 0.15) is 4.34 Å². The Morgan fingerprint density at radius 2 is 1.86 bits per heavy atom. The van der Waals surface area contributed by atoms with Crippen LogP contribution in [0.1, 0.15) is 21.6 Å². The van der Waals surface area contributed by atoms with Gasteiger partial charge in [-0.15, -0.1) is 11.3 Å². The van der Waals surface area contributed by atoms with Gasteiger partial charge in [0.05, 0.1) is 24.8 Å². The summed E-state index contributed by atoms with van der Waals surface area (Å²) in [5.74, 6) is 0.220. The predicted octanol–water partition coefficient (Wildman–Crippen LogP) is 5.06. The van der Waals surface area contributed by atoms with Crippen LogP contribution in [0.5, 0.6) is 0 Å². The molecular weight excluding hydrogens is 416 g/mol. The van der Waals surface area contributed by atoms with Crippen molar-refractivity contribution < 1.29 is 14.3 Å². The molecule has 3 rings (SSSR count). The van der Waals surface area contributed by atoms with Crippen molar-refractivity contribution in [3.05, 3.63) is 75.8 Å². The Kier molecular flexibility index (Phi) is 7.08. The molecule has 1 aromatic heterocycles. The van der Waals surface area contributed by atoms with E-state index in [0.29, 0.717) is 11.3 Å². The quantitative estimate of drug-likeness (QED) is 0.417. The van der Waals surface area contributed by atoms with Gasteiger partial charge in [-0.25, -0.2) is 9.78 Å². The van der Waals surface area contributed by atoms with Crippen LogP contribution in [-0.2, 0) is 21.7 Å². The van der Waals surface area contributed by atoms with E-state index in [0.717, 1.165) is 20.8 Å². The first-order chi connectivity index (χ1) is 13.5. The van der Waals surface area contributed by atoms with Crippen molar-refractivity contribution in [1.82, 2.24) is 4.98 Å². The third-order valence-corrected chi connectivity index (χ3v) is 6.13. The second-order valence-electron chi connectivity index (χ2n) is 5.81. The second-order valence-corrected chi connectivity index (χ2v) is 8.33. The molecule has 0 saturated heterocycles. The van der Waals surface area contributed by atoms with Gasteiger partial charge < -0.3 is 10.1 Å². The van der Waals surface area contributed by atoms with Gasteiger partial charge in [0.2, 0.25) is 5.91 Å². The van der Waals surface area contributed by atoms with Crippen LogP contribution >= 0.6 is 34.7 Å². The minimum absolute atomic E-state index is 0.162. The van der Waals surface area contributed by atoms with Gasteiger partial charge in [-0.1, -0.05) is 35.5 Å². The summed E-state index contributed by atoms with van der Waals surface area (Å²) in [4.78, 5) is 28.2. The second kappa shape index (κ2) is 9.73. The lowest BCUT2D eigenvalue weighted by molar-refractivity contribution is -0.115. The molecule has 0 unspecified atom stereocenters. The standard InChI is InChI=1S/C20H17ClN2O3S2/c1-26-19(25)14-4-8-16(9-5-14)22-18(24)10-17-12-28-20(23-17)27-11-13-2-6-15(21)7-3-13/h2-9,12H,10-11H2,1H3,(H,22,24). The normalized spacial score (nSPS) is 10.5. The van der Waals surface area contributed by atoms with Crippen molar-refractivity contribution in [3.8, 4) is 0 Å². The zero-order valence-electron chi connectivity index (χ0n) is 15.0. The Bertz CT molecular complexity index is 956. The largest absolute Gasteiger partial charge is 0.465 e. The van der Waals surface area contributed by atoms with Crippen molar-refractivity contribution in [2.45, 2.75) is 16.5 Å². The number of aromatic nitrogens is 1. The fraction of sp³-hybridized carbons (Fsp3) is 0.150. The number of esters is 1. The van der Waals surface area contributed by atoms with Gasteiger partial charge in [-0.3, -0.25) is 4.79 Å². The number of ether oxygens (including phenoxy) is 1. The lowest BCUT2D eigenvalue weighted by Gasteiger charge is -2.05. The van der Waals surface area contributed by atoms with E-state index in [9.17, 15) is 9.59 Å². The van der Waals surface area contributed by atoms with E-state index in [1.807, 2.05) is 29.6 Å². The number of thioether (sulfide) groups is 1. The van der Waals surface area contributed by atoms with Gasteiger partial charge in [0, 0.05) is 21.8 Å². The maximum absolute atomic E-state index is 12.2. The van der Waals surface area contributed by atoms with Crippen LogP contribution in [0, 0.1) is 0 Å². The highest BCUT2D eigenvalue weighted by molar-refractivity contribution is 8.00. The number of nitrogens with one attached hydrogen (secondary N) is 1. The zero-order valence-corrected chi connectivity index (χ0v) is 17.4. The molecular formula is C20H17ClN2O3S2. The summed E-state index contributed by atoms with van der Waals surface area (Å²) in [6.07, 6.45) is 0.191. The summed E-state index contributed by atoms with van der Waals surface area (Å²) in [5, 5.41) is 5.41.